The van der Waals surface area contributed by atoms with Crippen LogP contribution in [0.2, 0.25) is 0 Å². The predicted molar refractivity (Wildman–Crippen MR) is 41.5 cm³/mol. The van der Waals surface area contributed by atoms with E-state index in [4.69, 9.17) is 4.74 Å². The number of nitrogens with zero attached hydrogens (tertiary/aromatic N) is 1. The number of methoxy groups -OCH3 is 1. The van der Waals surface area contributed by atoms with Gasteiger partial charge in [0, 0.05) is 13.2 Å². The molecule has 0 aliphatic carbocycles. The Morgan fingerprint density at radius 3 is 3.08 bits per heavy atom. The van der Waals surface area contributed by atoms with Gasteiger partial charge in [-0.1, -0.05) is 0 Å². The lowest BCUT2D eigenvalue weighted by Crippen LogP contribution is -2.23. The van der Waals surface area contributed by atoms with Crippen LogP contribution >= 0.6 is 0 Å². The minimum Gasteiger partial charge on any atom is -0.468 e. The second-order valence-electron chi connectivity index (χ2n) is 3.20. The zero-order valence-corrected chi connectivity index (χ0v) is 7.16. The lowest BCUT2D eigenvalue weighted by Gasteiger charge is -2.10. The minimum atomic E-state index is -0.134. The van der Waals surface area contributed by atoms with E-state index in [1.54, 1.807) is 0 Å². The minimum absolute atomic E-state index is 0.0295. The van der Waals surface area contributed by atoms with Crippen LogP contribution in [0.1, 0.15) is 12.8 Å². The van der Waals surface area contributed by atoms with Crippen molar-refractivity contribution >= 4 is 5.97 Å². The fourth-order valence-electron chi connectivity index (χ4n) is 1.64. The summed E-state index contributed by atoms with van der Waals surface area (Å²) in [5.41, 5.74) is 0. The van der Waals surface area contributed by atoms with Crippen molar-refractivity contribution in [3.8, 4) is 0 Å². The first kappa shape index (κ1) is 8.01. The highest BCUT2D eigenvalue weighted by Gasteiger charge is 2.47. The summed E-state index contributed by atoms with van der Waals surface area (Å²) in [6, 6.07) is -0.0295. The Balaban J connectivity index is 1.82. The third-order valence-corrected chi connectivity index (χ3v) is 2.40. The van der Waals surface area contributed by atoms with Gasteiger partial charge in [0.1, 0.15) is 12.3 Å². The number of esters is 1. The van der Waals surface area contributed by atoms with Crippen LogP contribution in [-0.2, 0) is 14.3 Å². The third kappa shape index (κ3) is 1.32. The fourth-order valence-corrected chi connectivity index (χ4v) is 1.64. The summed E-state index contributed by atoms with van der Waals surface area (Å²) < 4.78 is 10.0. The van der Waals surface area contributed by atoms with Gasteiger partial charge in [-0.3, -0.25) is 9.69 Å². The van der Waals surface area contributed by atoms with Crippen molar-refractivity contribution in [3.05, 3.63) is 0 Å². The molecule has 0 aromatic carbocycles. The van der Waals surface area contributed by atoms with Crippen molar-refractivity contribution in [2.45, 2.75) is 25.1 Å². The average molecular weight is 171 g/mol. The van der Waals surface area contributed by atoms with Gasteiger partial charge >= 0.3 is 5.97 Å². The summed E-state index contributed by atoms with van der Waals surface area (Å²) in [4.78, 5) is 13.1. The van der Waals surface area contributed by atoms with Crippen LogP contribution in [0.4, 0.5) is 0 Å². The molecule has 0 N–H and O–H groups in total. The standard InChI is InChI=1S/C8H13NO3/c1-11-8(10)6-5-9(6)7-3-2-4-12-7/h6-7H,2-5H2,1H3. The Hall–Kier alpha value is -0.610. The Labute approximate surface area is 71.4 Å². The first-order valence-corrected chi connectivity index (χ1v) is 4.28. The van der Waals surface area contributed by atoms with Gasteiger partial charge in [-0.05, 0) is 12.8 Å². The number of carbonyl (C=O) groups is 1. The van der Waals surface area contributed by atoms with Gasteiger partial charge in [-0.15, -0.1) is 0 Å². The molecule has 0 radical (unpaired) electrons. The highest BCUT2D eigenvalue weighted by atomic mass is 16.5. The molecule has 3 unspecified atom stereocenters. The van der Waals surface area contributed by atoms with E-state index < -0.39 is 0 Å². The first-order chi connectivity index (χ1) is 5.83. The summed E-state index contributed by atoms with van der Waals surface area (Å²) >= 11 is 0. The van der Waals surface area contributed by atoms with Crippen molar-refractivity contribution in [1.29, 1.82) is 0 Å². The Kier molecular flexibility index (Phi) is 2.02. The molecule has 0 bridgehead atoms. The number of carbonyl (C=O) groups excluding carboxylic acids is 1. The van der Waals surface area contributed by atoms with Gasteiger partial charge < -0.3 is 9.47 Å². The van der Waals surface area contributed by atoms with Gasteiger partial charge in [-0.25, -0.2) is 0 Å². The molecule has 0 amide bonds. The third-order valence-electron chi connectivity index (χ3n) is 2.40. The Morgan fingerprint density at radius 2 is 2.50 bits per heavy atom. The summed E-state index contributed by atoms with van der Waals surface area (Å²) in [7, 11) is 1.42. The zero-order valence-electron chi connectivity index (χ0n) is 7.16. The number of ether oxygens (including phenoxy) is 2. The SMILES string of the molecule is COC(=O)C1CN1C1CCCO1. The first-order valence-electron chi connectivity index (χ1n) is 4.28. The maximum atomic E-state index is 11.0. The molecule has 68 valence electrons. The molecule has 0 spiro atoms. The number of rotatable bonds is 2. The largest absolute Gasteiger partial charge is 0.468 e. The lowest BCUT2D eigenvalue weighted by molar-refractivity contribution is -0.141. The molecule has 4 nitrogen and oxygen atoms in total. The van der Waals surface area contributed by atoms with Crippen LogP contribution in [0.5, 0.6) is 0 Å². The molecular formula is C8H13NO3. The molecule has 2 aliphatic rings. The summed E-state index contributed by atoms with van der Waals surface area (Å²) in [5.74, 6) is -0.134. The number of hydrogen-bond donors (Lipinski definition) is 0. The van der Waals surface area contributed by atoms with Crippen molar-refractivity contribution in [3.63, 3.8) is 0 Å². The second kappa shape index (κ2) is 3.03. The highest BCUT2D eigenvalue weighted by Crippen LogP contribution is 2.28. The summed E-state index contributed by atoms with van der Waals surface area (Å²) in [6.07, 6.45) is 2.33. The quantitative estimate of drug-likeness (QED) is 0.432. The molecule has 2 heterocycles. The van der Waals surface area contributed by atoms with E-state index in [0.717, 1.165) is 26.0 Å². The molecule has 2 aliphatic heterocycles. The maximum Gasteiger partial charge on any atom is 0.324 e. The van der Waals surface area contributed by atoms with Crippen LogP contribution in [-0.4, -0.2) is 43.4 Å². The van der Waals surface area contributed by atoms with Gasteiger partial charge in [0.2, 0.25) is 0 Å². The van der Waals surface area contributed by atoms with E-state index in [9.17, 15) is 4.79 Å². The average Bonchev–Trinajstić information content (AvgIpc) is 2.71. The van der Waals surface area contributed by atoms with Crippen LogP contribution in [0, 0.1) is 0 Å². The predicted octanol–water partition coefficient (Wildman–Crippen LogP) is -0.0199. The van der Waals surface area contributed by atoms with E-state index in [2.05, 4.69) is 4.74 Å². The van der Waals surface area contributed by atoms with E-state index in [1.165, 1.54) is 7.11 Å². The van der Waals surface area contributed by atoms with E-state index in [1.807, 2.05) is 4.90 Å². The van der Waals surface area contributed by atoms with Crippen molar-refractivity contribution in [1.82, 2.24) is 4.90 Å². The summed E-state index contributed by atoms with van der Waals surface area (Å²) in [6.45, 7) is 1.63. The van der Waals surface area contributed by atoms with Crippen molar-refractivity contribution in [2.24, 2.45) is 0 Å². The van der Waals surface area contributed by atoms with Crippen LogP contribution in [0.15, 0.2) is 0 Å². The van der Waals surface area contributed by atoms with Crippen LogP contribution < -0.4 is 0 Å². The maximum absolute atomic E-state index is 11.0. The molecule has 0 aromatic heterocycles. The molecule has 0 aromatic rings. The second-order valence-corrected chi connectivity index (χ2v) is 3.20. The molecule has 3 atom stereocenters. The lowest BCUT2D eigenvalue weighted by atomic mass is 10.3. The van der Waals surface area contributed by atoms with Gasteiger partial charge in [0.25, 0.3) is 0 Å². The normalized spacial score (nSPS) is 39.6. The molecule has 4 heteroatoms. The molecule has 2 saturated heterocycles. The van der Waals surface area contributed by atoms with Gasteiger partial charge in [0.15, 0.2) is 0 Å². The smallest absolute Gasteiger partial charge is 0.324 e. The van der Waals surface area contributed by atoms with Crippen molar-refractivity contribution in [2.75, 3.05) is 20.3 Å². The van der Waals surface area contributed by atoms with E-state index >= 15 is 0 Å². The van der Waals surface area contributed by atoms with Crippen LogP contribution in [0.3, 0.4) is 0 Å². The van der Waals surface area contributed by atoms with E-state index in [0.29, 0.717) is 0 Å². The van der Waals surface area contributed by atoms with Crippen molar-refractivity contribution < 1.29 is 14.3 Å². The molecular weight excluding hydrogens is 158 g/mol. The summed E-state index contributed by atoms with van der Waals surface area (Å²) in [5, 5.41) is 0. The topological polar surface area (TPSA) is 38.5 Å². The zero-order chi connectivity index (χ0) is 8.55. The van der Waals surface area contributed by atoms with Crippen LogP contribution in [0.25, 0.3) is 0 Å². The molecule has 0 saturated carbocycles. The van der Waals surface area contributed by atoms with Gasteiger partial charge in [-0.2, -0.15) is 0 Å². The molecule has 2 rings (SSSR count). The number of hydrogen-bond acceptors (Lipinski definition) is 4. The van der Waals surface area contributed by atoms with Gasteiger partial charge in [0.05, 0.1) is 7.11 Å². The van der Waals surface area contributed by atoms with E-state index in [-0.39, 0.29) is 18.2 Å². The highest BCUT2D eigenvalue weighted by molar-refractivity contribution is 5.78. The Bertz CT molecular complexity index is 189. The fraction of sp³-hybridized carbons (Fsp3) is 0.875. The monoisotopic (exact) mass is 171 g/mol. The molecule has 2 fully saturated rings. The Morgan fingerprint density at radius 1 is 1.67 bits per heavy atom. The molecule has 12 heavy (non-hydrogen) atoms.